The molecule has 0 atom stereocenters. The largest absolute Gasteiger partial charge is 0.482 e. The molecular weight excluding hydrogens is 226 g/mol. The van der Waals surface area contributed by atoms with E-state index >= 15 is 0 Å². The predicted octanol–water partition coefficient (Wildman–Crippen LogP) is 2.53. The van der Waals surface area contributed by atoms with Crippen molar-refractivity contribution in [1.82, 2.24) is 14.5 Å². The van der Waals surface area contributed by atoms with Crippen molar-refractivity contribution in [2.24, 2.45) is 0 Å². The molecule has 2 aromatic heterocycles. The molecule has 0 aliphatic rings. The number of rotatable bonds is 4. The highest BCUT2D eigenvalue weighted by Crippen LogP contribution is 2.21. The first kappa shape index (κ1) is 11.0. The fourth-order valence-electron chi connectivity index (χ4n) is 1.39. The number of aryl methyl sites for hydroxylation is 1. The Morgan fingerprint density at radius 2 is 2.25 bits per heavy atom. The Morgan fingerprint density at radius 3 is 3.00 bits per heavy atom. The average Bonchev–Trinajstić information content (AvgIpc) is 2.75. The number of imidazole rings is 1. The second-order valence-corrected chi connectivity index (χ2v) is 3.57. The Bertz CT molecular complexity index is 470. The van der Waals surface area contributed by atoms with Crippen LogP contribution < -0.4 is 4.74 Å². The molecule has 2 aromatic rings. The molecule has 5 heteroatoms. The van der Waals surface area contributed by atoms with Crippen molar-refractivity contribution in [3.8, 4) is 5.75 Å². The van der Waals surface area contributed by atoms with E-state index in [1.807, 2.05) is 10.8 Å². The Morgan fingerprint density at radius 1 is 1.38 bits per heavy atom. The lowest BCUT2D eigenvalue weighted by molar-refractivity contribution is 0.289. The molecule has 0 bridgehead atoms. The van der Waals surface area contributed by atoms with Gasteiger partial charge in [0.1, 0.15) is 12.4 Å². The third kappa shape index (κ3) is 2.33. The van der Waals surface area contributed by atoms with Gasteiger partial charge in [-0.25, -0.2) is 9.97 Å². The smallest absolute Gasteiger partial charge is 0.171 e. The maximum absolute atomic E-state index is 5.87. The summed E-state index contributed by atoms with van der Waals surface area (Å²) in [6, 6.07) is 3.57. The van der Waals surface area contributed by atoms with Crippen LogP contribution >= 0.6 is 11.6 Å². The van der Waals surface area contributed by atoms with E-state index in [9.17, 15) is 0 Å². The predicted molar refractivity (Wildman–Crippen MR) is 61.5 cm³/mol. The summed E-state index contributed by atoms with van der Waals surface area (Å²) in [4.78, 5) is 8.14. The summed E-state index contributed by atoms with van der Waals surface area (Å²) in [7, 11) is 0. The van der Waals surface area contributed by atoms with Gasteiger partial charge in [0.05, 0.1) is 0 Å². The van der Waals surface area contributed by atoms with E-state index in [4.69, 9.17) is 16.3 Å². The van der Waals surface area contributed by atoms with Gasteiger partial charge in [-0.1, -0.05) is 11.6 Å². The van der Waals surface area contributed by atoms with Crippen LogP contribution in [0.3, 0.4) is 0 Å². The van der Waals surface area contributed by atoms with Gasteiger partial charge in [0.25, 0.3) is 0 Å². The van der Waals surface area contributed by atoms with Gasteiger partial charge in [0.15, 0.2) is 10.9 Å². The summed E-state index contributed by atoms with van der Waals surface area (Å²) < 4.78 is 7.56. The van der Waals surface area contributed by atoms with Crippen molar-refractivity contribution < 1.29 is 4.74 Å². The van der Waals surface area contributed by atoms with Gasteiger partial charge in [-0.3, -0.25) is 0 Å². The van der Waals surface area contributed by atoms with Crippen LogP contribution in [0.25, 0.3) is 0 Å². The first-order chi connectivity index (χ1) is 7.81. The Hall–Kier alpha value is -1.55. The molecule has 0 N–H and O–H groups in total. The van der Waals surface area contributed by atoms with E-state index in [1.165, 1.54) is 0 Å². The number of hydrogen-bond acceptors (Lipinski definition) is 3. The number of halogens is 1. The molecule has 0 saturated carbocycles. The van der Waals surface area contributed by atoms with Crippen molar-refractivity contribution in [1.29, 1.82) is 0 Å². The van der Waals surface area contributed by atoms with Gasteiger partial charge in [-0.2, -0.15) is 0 Å². The van der Waals surface area contributed by atoms with Crippen LogP contribution in [-0.2, 0) is 13.2 Å². The van der Waals surface area contributed by atoms with Crippen molar-refractivity contribution in [3.63, 3.8) is 0 Å². The van der Waals surface area contributed by atoms with Gasteiger partial charge in [0, 0.05) is 25.1 Å². The van der Waals surface area contributed by atoms with E-state index in [0.29, 0.717) is 17.5 Å². The molecule has 0 unspecified atom stereocenters. The fraction of sp³-hybridized carbons (Fsp3) is 0.273. The maximum atomic E-state index is 5.87. The molecule has 0 spiro atoms. The SMILES string of the molecule is CCn1ccnc1COc1cccnc1Cl. The monoisotopic (exact) mass is 237 g/mol. The van der Waals surface area contributed by atoms with Crippen LogP contribution in [0.4, 0.5) is 0 Å². The van der Waals surface area contributed by atoms with E-state index in [-0.39, 0.29) is 0 Å². The normalized spacial score (nSPS) is 10.4. The van der Waals surface area contributed by atoms with E-state index < -0.39 is 0 Å². The average molecular weight is 238 g/mol. The molecular formula is C11H12ClN3O. The number of ether oxygens (including phenoxy) is 1. The molecule has 2 heterocycles. The van der Waals surface area contributed by atoms with Crippen LogP contribution in [0.1, 0.15) is 12.7 Å². The lowest BCUT2D eigenvalue weighted by Crippen LogP contribution is -2.05. The Kier molecular flexibility index (Phi) is 3.41. The zero-order valence-electron chi connectivity index (χ0n) is 8.93. The van der Waals surface area contributed by atoms with Crippen LogP contribution in [0, 0.1) is 0 Å². The zero-order chi connectivity index (χ0) is 11.4. The van der Waals surface area contributed by atoms with Crippen LogP contribution in [0.15, 0.2) is 30.7 Å². The number of pyridine rings is 1. The summed E-state index contributed by atoms with van der Waals surface area (Å²) in [5, 5.41) is 0.372. The molecule has 0 radical (unpaired) electrons. The highest BCUT2D eigenvalue weighted by molar-refractivity contribution is 6.30. The van der Waals surface area contributed by atoms with Crippen molar-refractivity contribution in [3.05, 3.63) is 41.7 Å². The molecule has 84 valence electrons. The molecule has 16 heavy (non-hydrogen) atoms. The summed E-state index contributed by atoms with van der Waals surface area (Å²) >= 11 is 5.87. The molecule has 2 rings (SSSR count). The van der Waals surface area contributed by atoms with Gasteiger partial charge in [-0.15, -0.1) is 0 Å². The first-order valence-electron chi connectivity index (χ1n) is 5.04. The van der Waals surface area contributed by atoms with Crippen molar-refractivity contribution in [2.45, 2.75) is 20.1 Å². The van der Waals surface area contributed by atoms with Gasteiger partial charge >= 0.3 is 0 Å². The molecule has 0 aromatic carbocycles. The number of hydrogen-bond donors (Lipinski definition) is 0. The van der Waals surface area contributed by atoms with Crippen LogP contribution in [0.5, 0.6) is 5.75 Å². The molecule has 0 amide bonds. The van der Waals surface area contributed by atoms with Crippen LogP contribution in [0.2, 0.25) is 5.15 Å². The summed E-state index contributed by atoms with van der Waals surface area (Å²) in [6.45, 7) is 3.33. The van der Waals surface area contributed by atoms with Gasteiger partial charge in [0.2, 0.25) is 0 Å². The third-order valence-electron chi connectivity index (χ3n) is 2.22. The molecule has 0 fully saturated rings. The highest BCUT2D eigenvalue weighted by atomic mass is 35.5. The molecule has 0 aliphatic carbocycles. The standard InChI is InChI=1S/C11H12ClN3O/c1-2-15-7-6-13-10(15)8-16-9-4-3-5-14-11(9)12/h3-7H,2,8H2,1H3. The van der Waals surface area contributed by atoms with Gasteiger partial charge in [-0.05, 0) is 19.1 Å². The fourth-order valence-corrected chi connectivity index (χ4v) is 1.56. The van der Waals surface area contributed by atoms with Crippen molar-refractivity contribution in [2.75, 3.05) is 0 Å². The zero-order valence-corrected chi connectivity index (χ0v) is 9.68. The quantitative estimate of drug-likeness (QED) is 0.768. The minimum atomic E-state index is 0.372. The highest BCUT2D eigenvalue weighted by Gasteiger charge is 2.05. The molecule has 0 aliphatic heterocycles. The van der Waals surface area contributed by atoms with Gasteiger partial charge < -0.3 is 9.30 Å². The summed E-state index contributed by atoms with van der Waals surface area (Å²) in [5.74, 6) is 1.46. The molecule has 4 nitrogen and oxygen atoms in total. The van der Waals surface area contributed by atoms with E-state index in [0.717, 1.165) is 12.4 Å². The second-order valence-electron chi connectivity index (χ2n) is 3.21. The van der Waals surface area contributed by atoms with Crippen molar-refractivity contribution >= 4 is 11.6 Å². The summed E-state index contributed by atoms with van der Waals surface area (Å²) in [6.07, 6.45) is 5.30. The maximum Gasteiger partial charge on any atom is 0.171 e. The Labute approximate surface area is 98.9 Å². The minimum Gasteiger partial charge on any atom is -0.482 e. The number of nitrogens with zero attached hydrogens (tertiary/aromatic N) is 3. The minimum absolute atomic E-state index is 0.372. The topological polar surface area (TPSA) is 39.9 Å². The second kappa shape index (κ2) is 4.99. The lowest BCUT2D eigenvalue weighted by Gasteiger charge is -2.07. The van der Waals surface area contributed by atoms with E-state index in [1.54, 1.807) is 24.5 Å². The third-order valence-corrected chi connectivity index (χ3v) is 2.51. The number of aromatic nitrogens is 3. The lowest BCUT2D eigenvalue weighted by atomic mass is 10.4. The Balaban J connectivity index is 2.05. The first-order valence-corrected chi connectivity index (χ1v) is 5.42. The molecule has 0 saturated heterocycles. The van der Waals surface area contributed by atoms with Crippen LogP contribution in [-0.4, -0.2) is 14.5 Å². The van der Waals surface area contributed by atoms with E-state index in [2.05, 4.69) is 16.9 Å². The summed E-state index contributed by atoms with van der Waals surface area (Å²) in [5.41, 5.74) is 0.